The summed E-state index contributed by atoms with van der Waals surface area (Å²) in [5, 5.41) is 11.0. The fourth-order valence-electron chi connectivity index (χ4n) is 3.06. The van der Waals surface area contributed by atoms with E-state index >= 15 is 0 Å². The van der Waals surface area contributed by atoms with Crippen LogP contribution in [0.5, 0.6) is 0 Å². The van der Waals surface area contributed by atoms with E-state index in [4.69, 9.17) is 16.6 Å². The lowest BCUT2D eigenvalue weighted by molar-refractivity contribution is -0.384. The number of rotatable bonds is 5. The Morgan fingerprint density at radius 2 is 1.93 bits per heavy atom. The molecule has 150 valence electrons. The molecule has 3 aromatic rings. The first-order valence-corrected chi connectivity index (χ1v) is 10.4. The van der Waals surface area contributed by atoms with Gasteiger partial charge in [0.25, 0.3) is 11.6 Å². The van der Waals surface area contributed by atoms with Crippen LogP contribution in [0.3, 0.4) is 0 Å². The molecule has 0 radical (unpaired) electrons. The number of benzene rings is 2. The third-order valence-corrected chi connectivity index (χ3v) is 5.94. The number of hydrogen-bond acceptors (Lipinski definition) is 6. The summed E-state index contributed by atoms with van der Waals surface area (Å²) >= 11 is 6.62. The van der Waals surface area contributed by atoms with Crippen molar-refractivity contribution in [1.29, 1.82) is 0 Å². The van der Waals surface area contributed by atoms with Gasteiger partial charge in [0.05, 0.1) is 15.5 Å². The van der Waals surface area contributed by atoms with E-state index in [1.165, 1.54) is 34.4 Å². The number of amides is 1. The molecular weight excluding hydrogens is 420 g/mol. The van der Waals surface area contributed by atoms with Crippen LogP contribution in [-0.2, 0) is 11.2 Å². The number of carbonyl (C=O) groups excluding carboxylic acids is 1. The second-order valence-corrected chi connectivity index (χ2v) is 8.22. The molecular formula is C22H16N2O4S2. The molecule has 1 saturated heterocycles. The summed E-state index contributed by atoms with van der Waals surface area (Å²) in [6, 6.07) is 17.4. The first-order chi connectivity index (χ1) is 14.5. The molecule has 4 rings (SSSR count). The van der Waals surface area contributed by atoms with Crippen LogP contribution in [0.4, 0.5) is 11.4 Å². The molecule has 1 aromatic heterocycles. The van der Waals surface area contributed by atoms with Crippen LogP contribution in [0.1, 0.15) is 18.2 Å². The van der Waals surface area contributed by atoms with Gasteiger partial charge in [-0.3, -0.25) is 19.8 Å². The van der Waals surface area contributed by atoms with Crippen LogP contribution in [0, 0.1) is 10.1 Å². The molecule has 1 fully saturated rings. The van der Waals surface area contributed by atoms with Crippen molar-refractivity contribution in [2.75, 3.05) is 4.90 Å². The van der Waals surface area contributed by atoms with Gasteiger partial charge in [-0.05, 0) is 36.2 Å². The van der Waals surface area contributed by atoms with Crippen LogP contribution in [0.25, 0.3) is 17.4 Å². The molecule has 0 unspecified atom stereocenters. The molecule has 0 bridgehead atoms. The summed E-state index contributed by atoms with van der Waals surface area (Å²) in [4.78, 5) is 25.4. The normalized spacial score (nSPS) is 15.2. The van der Waals surface area contributed by atoms with E-state index in [0.29, 0.717) is 26.3 Å². The minimum absolute atomic E-state index is 0.0135. The first kappa shape index (κ1) is 20.1. The van der Waals surface area contributed by atoms with Crippen molar-refractivity contribution in [3.05, 3.63) is 87.0 Å². The van der Waals surface area contributed by atoms with Crippen LogP contribution in [0.15, 0.2) is 70.0 Å². The average molecular weight is 437 g/mol. The maximum Gasteiger partial charge on any atom is 0.270 e. The zero-order chi connectivity index (χ0) is 21.3. The van der Waals surface area contributed by atoms with Crippen molar-refractivity contribution < 1.29 is 14.1 Å². The van der Waals surface area contributed by atoms with Gasteiger partial charge in [0, 0.05) is 23.8 Å². The van der Waals surface area contributed by atoms with E-state index in [0.717, 1.165) is 12.1 Å². The molecule has 8 heteroatoms. The van der Waals surface area contributed by atoms with Crippen molar-refractivity contribution in [3.8, 4) is 11.3 Å². The lowest BCUT2D eigenvalue weighted by Crippen LogP contribution is -2.27. The highest BCUT2D eigenvalue weighted by Gasteiger charge is 2.33. The van der Waals surface area contributed by atoms with E-state index in [2.05, 4.69) is 6.92 Å². The van der Waals surface area contributed by atoms with Gasteiger partial charge in [-0.25, -0.2) is 0 Å². The number of thioether (sulfide) groups is 1. The van der Waals surface area contributed by atoms with Gasteiger partial charge in [0.15, 0.2) is 4.32 Å². The average Bonchev–Trinajstić information content (AvgIpc) is 3.33. The van der Waals surface area contributed by atoms with Gasteiger partial charge >= 0.3 is 0 Å². The maximum absolute atomic E-state index is 12.9. The standard InChI is InChI=1S/C22H16N2O4S2/c1-2-14-6-8-16(9-7-14)23-21(25)20(30-22(23)29)13-18-10-11-19(28-18)15-4-3-5-17(12-15)24(26)27/h3-13H,2H2,1H3. The molecule has 1 amide bonds. The molecule has 2 heterocycles. The number of hydrogen-bond donors (Lipinski definition) is 0. The fourth-order valence-corrected chi connectivity index (χ4v) is 4.34. The number of aryl methyl sites for hydroxylation is 1. The maximum atomic E-state index is 12.9. The van der Waals surface area contributed by atoms with Crippen molar-refractivity contribution in [2.24, 2.45) is 0 Å². The van der Waals surface area contributed by atoms with Crippen LogP contribution < -0.4 is 4.90 Å². The van der Waals surface area contributed by atoms with Gasteiger partial charge in [0.1, 0.15) is 11.5 Å². The molecule has 1 aliphatic rings. The summed E-state index contributed by atoms with van der Waals surface area (Å²) in [6.07, 6.45) is 2.56. The van der Waals surface area contributed by atoms with Crippen molar-refractivity contribution in [1.82, 2.24) is 0 Å². The van der Waals surface area contributed by atoms with E-state index < -0.39 is 4.92 Å². The topological polar surface area (TPSA) is 76.6 Å². The second kappa shape index (κ2) is 8.25. The third-order valence-electron chi connectivity index (χ3n) is 4.64. The van der Waals surface area contributed by atoms with Gasteiger partial charge in [-0.15, -0.1) is 0 Å². The predicted octanol–water partition coefficient (Wildman–Crippen LogP) is 5.82. The Bertz CT molecular complexity index is 1180. The number of carbonyl (C=O) groups is 1. The predicted molar refractivity (Wildman–Crippen MR) is 122 cm³/mol. The third kappa shape index (κ3) is 3.92. The number of nitrogens with zero attached hydrogens (tertiary/aromatic N) is 2. The summed E-state index contributed by atoms with van der Waals surface area (Å²) in [5.41, 5.74) is 2.49. The highest BCUT2D eigenvalue weighted by atomic mass is 32.2. The summed E-state index contributed by atoms with van der Waals surface area (Å²) in [7, 11) is 0. The van der Waals surface area contributed by atoms with Crippen molar-refractivity contribution in [3.63, 3.8) is 0 Å². The minimum Gasteiger partial charge on any atom is -0.457 e. The minimum atomic E-state index is -0.453. The molecule has 0 saturated carbocycles. The molecule has 0 aliphatic carbocycles. The zero-order valence-electron chi connectivity index (χ0n) is 15.9. The van der Waals surface area contributed by atoms with Gasteiger partial charge in [0.2, 0.25) is 0 Å². The highest BCUT2D eigenvalue weighted by molar-refractivity contribution is 8.27. The molecule has 1 aliphatic heterocycles. The number of non-ortho nitro benzene ring substituents is 1. The van der Waals surface area contributed by atoms with E-state index in [-0.39, 0.29) is 11.6 Å². The van der Waals surface area contributed by atoms with Crippen LogP contribution >= 0.6 is 24.0 Å². The van der Waals surface area contributed by atoms with E-state index in [1.807, 2.05) is 24.3 Å². The van der Waals surface area contributed by atoms with Crippen molar-refractivity contribution in [2.45, 2.75) is 13.3 Å². The molecule has 0 N–H and O–H groups in total. The quantitative estimate of drug-likeness (QED) is 0.217. The van der Waals surface area contributed by atoms with Crippen LogP contribution in [-0.4, -0.2) is 15.2 Å². The SMILES string of the molecule is CCc1ccc(N2C(=O)C(=Cc3ccc(-c4cccc([N+](=O)[O-])c4)o3)SC2=S)cc1. The van der Waals surface area contributed by atoms with Gasteiger partial charge < -0.3 is 4.42 Å². The second-order valence-electron chi connectivity index (χ2n) is 6.55. The summed E-state index contributed by atoms with van der Waals surface area (Å²) in [5.74, 6) is 0.747. The summed E-state index contributed by atoms with van der Waals surface area (Å²) < 4.78 is 6.25. The molecule has 6 nitrogen and oxygen atoms in total. The van der Waals surface area contributed by atoms with Crippen molar-refractivity contribution >= 4 is 51.7 Å². The lowest BCUT2D eigenvalue weighted by Gasteiger charge is -2.14. The lowest BCUT2D eigenvalue weighted by atomic mass is 10.1. The fraction of sp³-hybridized carbons (Fsp3) is 0.0909. The van der Waals surface area contributed by atoms with Gasteiger partial charge in [-0.1, -0.05) is 55.2 Å². The Morgan fingerprint density at radius 3 is 2.63 bits per heavy atom. The molecule has 0 spiro atoms. The van der Waals surface area contributed by atoms with Gasteiger partial charge in [-0.2, -0.15) is 0 Å². The Morgan fingerprint density at radius 1 is 1.17 bits per heavy atom. The first-order valence-electron chi connectivity index (χ1n) is 9.18. The Kier molecular flexibility index (Phi) is 5.52. The summed E-state index contributed by atoms with van der Waals surface area (Å²) in [6.45, 7) is 2.07. The highest BCUT2D eigenvalue weighted by Crippen LogP contribution is 2.37. The largest absolute Gasteiger partial charge is 0.457 e. The number of nitro benzene ring substituents is 1. The van der Waals surface area contributed by atoms with Crippen LogP contribution in [0.2, 0.25) is 0 Å². The molecule has 0 atom stereocenters. The van der Waals surface area contributed by atoms with E-state index in [1.54, 1.807) is 30.3 Å². The van der Waals surface area contributed by atoms with E-state index in [9.17, 15) is 14.9 Å². The molecule has 2 aromatic carbocycles. The smallest absolute Gasteiger partial charge is 0.270 e. The number of thiocarbonyl (C=S) groups is 1. The Labute approximate surface area is 182 Å². The Hall–Kier alpha value is -3.23. The number of anilines is 1. The zero-order valence-corrected chi connectivity index (χ0v) is 17.5. The monoisotopic (exact) mass is 436 g/mol. The number of furan rings is 1. The Balaban J connectivity index is 1.58. The molecule has 30 heavy (non-hydrogen) atoms. The number of nitro groups is 1.